The normalized spacial score (nSPS) is 10.5. The van der Waals surface area contributed by atoms with Gasteiger partial charge < -0.3 is 9.73 Å². The topological polar surface area (TPSA) is 25.2 Å². The summed E-state index contributed by atoms with van der Waals surface area (Å²) in [5.41, 5.74) is 1.78. The first-order valence-corrected chi connectivity index (χ1v) is 7.87. The largest absolute Gasteiger partial charge is 0.460 e. The third-order valence-corrected chi connectivity index (χ3v) is 4.10. The zero-order valence-corrected chi connectivity index (χ0v) is 14.9. The van der Waals surface area contributed by atoms with Gasteiger partial charge in [0.1, 0.15) is 17.3 Å². The van der Waals surface area contributed by atoms with Crippen LogP contribution in [-0.4, -0.2) is 0 Å². The standard InChI is InChI=1S/C18H14Cl2FNO.ClH/c19-15-4-2-1-3-13(15)10-22-11-14-6-8-18(23-14)12-5-7-17(21)16(20)9-12;/h1-9,22H,10-11H2;1H. The fraction of sp³-hybridized carbons (Fsp3) is 0.111. The van der Waals surface area contributed by atoms with Crippen LogP contribution in [0.2, 0.25) is 10.0 Å². The maximum atomic E-state index is 13.2. The quantitative estimate of drug-likeness (QED) is 0.573. The van der Waals surface area contributed by atoms with Crippen LogP contribution in [0.25, 0.3) is 11.3 Å². The van der Waals surface area contributed by atoms with E-state index in [1.807, 2.05) is 36.4 Å². The van der Waals surface area contributed by atoms with E-state index in [9.17, 15) is 4.39 Å². The summed E-state index contributed by atoms with van der Waals surface area (Å²) in [6.07, 6.45) is 0. The molecular weight excluding hydrogens is 372 g/mol. The minimum absolute atomic E-state index is 0. The summed E-state index contributed by atoms with van der Waals surface area (Å²) in [7, 11) is 0. The van der Waals surface area contributed by atoms with Crippen LogP contribution in [0.3, 0.4) is 0 Å². The molecule has 0 saturated carbocycles. The molecule has 2 aromatic carbocycles. The molecule has 1 heterocycles. The Bertz CT molecular complexity index is 820. The molecule has 3 aromatic rings. The van der Waals surface area contributed by atoms with E-state index in [0.29, 0.717) is 18.8 Å². The first kappa shape index (κ1) is 18.8. The first-order valence-electron chi connectivity index (χ1n) is 7.12. The zero-order valence-electron chi connectivity index (χ0n) is 12.6. The summed E-state index contributed by atoms with van der Waals surface area (Å²) >= 11 is 11.9. The van der Waals surface area contributed by atoms with Gasteiger partial charge in [0.15, 0.2) is 0 Å². The highest BCUT2D eigenvalue weighted by Crippen LogP contribution is 2.26. The number of benzene rings is 2. The molecule has 126 valence electrons. The minimum atomic E-state index is -0.441. The number of rotatable bonds is 5. The first-order chi connectivity index (χ1) is 11.1. The number of hydrogen-bond donors (Lipinski definition) is 1. The van der Waals surface area contributed by atoms with Crippen molar-refractivity contribution in [3.8, 4) is 11.3 Å². The smallest absolute Gasteiger partial charge is 0.141 e. The molecule has 0 atom stereocenters. The molecule has 0 aliphatic carbocycles. The van der Waals surface area contributed by atoms with Gasteiger partial charge in [-0.1, -0.05) is 41.4 Å². The monoisotopic (exact) mass is 385 g/mol. The van der Waals surface area contributed by atoms with Crippen molar-refractivity contribution < 1.29 is 8.81 Å². The van der Waals surface area contributed by atoms with Crippen LogP contribution in [0.15, 0.2) is 59.0 Å². The highest BCUT2D eigenvalue weighted by molar-refractivity contribution is 6.31. The third kappa shape index (κ3) is 4.52. The van der Waals surface area contributed by atoms with E-state index in [2.05, 4.69) is 5.32 Å². The molecule has 0 aliphatic rings. The molecular formula is C18H15Cl3FNO. The van der Waals surface area contributed by atoms with Crippen LogP contribution < -0.4 is 5.32 Å². The van der Waals surface area contributed by atoms with Crippen molar-refractivity contribution in [3.05, 3.63) is 81.8 Å². The summed E-state index contributed by atoms with van der Waals surface area (Å²) in [5, 5.41) is 4.10. The molecule has 6 heteroatoms. The Morgan fingerprint density at radius 2 is 1.71 bits per heavy atom. The minimum Gasteiger partial charge on any atom is -0.460 e. The van der Waals surface area contributed by atoms with E-state index in [-0.39, 0.29) is 17.4 Å². The number of hydrogen-bond acceptors (Lipinski definition) is 2. The van der Waals surface area contributed by atoms with Gasteiger partial charge in [0.2, 0.25) is 0 Å². The lowest BCUT2D eigenvalue weighted by molar-refractivity contribution is 0.493. The Morgan fingerprint density at radius 3 is 2.46 bits per heavy atom. The average molecular weight is 387 g/mol. The molecule has 0 unspecified atom stereocenters. The fourth-order valence-electron chi connectivity index (χ4n) is 2.24. The summed E-state index contributed by atoms with van der Waals surface area (Å²) in [5.74, 6) is 0.998. The molecule has 0 bridgehead atoms. The molecule has 1 N–H and O–H groups in total. The van der Waals surface area contributed by atoms with Crippen LogP contribution >= 0.6 is 35.6 Å². The van der Waals surface area contributed by atoms with Crippen molar-refractivity contribution in [2.45, 2.75) is 13.1 Å². The predicted molar refractivity (Wildman–Crippen MR) is 98.4 cm³/mol. The second kappa shape index (κ2) is 8.54. The van der Waals surface area contributed by atoms with E-state index in [4.69, 9.17) is 27.6 Å². The third-order valence-electron chi connectivity index (χ3n) is 3.44. The maximum absolute atomic E-state index is 13.2. The van der Waals surface area contributed by atoms with Gasteiger partial charge in [-0.15, -0.1) is 12.4 Å². The SMILES string of the molecule is Cl.Fc1ccc(-c2ccc(CNCc3ccccc3Cl)o2)cc1Cl. The Hall–Kier alpha value is -1.52. The van der Waals surface area contributed by atoms with Gasteiger partial charge in [0.25, 0.3) is 0 Å². The lowest BCUT2D eigenvalue weighted by Gasteiger charge is -2.05. The van der Waals surface area contributed by atoms with Crippen molar-refractivity contribution >= 4 is 35.6 Å². The summed E-state index contributed by atoms with van der Waals surface area (Å²) in [4.78, 5) is 0. The van der Waals surface area contributed by atoms with E-state index in [1.165, 1.54) is 6.07 Å². The maximum Gasteiger partial charge on any atom is 0.141 e. The second-order valence-corrected chi connectivity index (χ2v) is 5.90. The van der Waals surface area contributed by atoms with Gasteiger partial charge in [-0.25, -0.2) is 4.39 Å². The molecule has 0 radical (unpaired) electrons. The van der Waals surface area contributed by atoms with Gasteiger partial charge >= 0.3 is 0 Å². The Balaban J connectivity index is 0.00000208. The molecule has 3 rings (SSSR count). The van der Waals surface area contributed by atoms with E-state index >= 15 is 0 Å². The lowest BCUT2D eigenvalue weighted by Crippen LogP contribution is -2.12. The van der Waals surface area contributed by atoms with Crippen molar-refractivity contribution in [1.29, 1.82) is 0 Å². The molecule has 0 amide bonds. The number of halogens is 4. The Morgan fingerprint density at radius 1 is 0.917 bits per heavy atom. The molecule has 1 aromatic heterocycles. The van der Waals surface area contributed by atoms with Crippen molar-refractivity contribution in [2.24, 2.45) is 0 Å². The van der Waals surface area contributed by atoms with Gasteiger partial charge in [-0.2, -0.15) is 0 Å². The highest BCUT2D eigenvalue weighted by Gasteiger charge is 2.08. The molecule has 2 nitrogen and oxygen atoms in total. The fourth-order valence-corrected chi connectivity index (χ4v) is 2.62. The van der Waals surface area contributed by atoms with Crippen LogP contribution in [0.5, 0.6) is 0 Å². The lowest BCUT2D eigenvalue weighted by atomic mass is 10.2. The highest BCUT2D eigenvalue weighted by atomic mass is 35.5. The Labute approximate surface area is 156 Å². The Kier molecular flexibility index (Phi) is 6.69. The summed E-state index contributed by atoms with van der Waals surface area (Å²) in [6.45, 7) is 1.22. The van der Waals surface area contributed by atoms with Crippen molar-refractivity contribution in [2.75, 3.05) is 0 Å². The van der Waals surface area contributed by atoms with Gasteiger partial charge in [-0.3, -0.25) is 0 Å². The molecule has 24 heavy (non-hydrogen) atoms. The van der Waals surface area contributed by atoms with Gasteiger partial charge in [0.05, 0.1) is 11.6 Å². The number of furan rings is 1. The van der Waals surface area contributed by atoms with Gasteiger partial charge in [0, 0.05) is 17.1 Å². The molecule has 0 spiro atoms. The van der Waals surface area contributed by atoms with Gasteiger partial charge in [-0.05, 0) is 42.0 Å². The zero-order chi connectivity index (χ0) is 16.2. The van der Waals surface area contributed by atoms with Crippen LogP contribution in [0.1, 0.15) is 11.3 Å². The number of nitrogens with one attached hydrogen (secondary N) is 1. The summed E-state index contributed by atoms with van der Waals surface area (Å²) in [6, 6.07) is 15.9. The van der Waals surface area contributed by atoms with Crippen LogP contribution in [-0.2, 0) is 13.1 Å². The molecule has 0 saturated heterocycles. The van der Waals surface area contributed by atoms with E-state index in [0.717, 1.165) is 21.9 Å². The molecule has 0 fully saturated rings. The van der Waals surface area contributed by atoms with Crippen LogP contribution in [0.4, 0.5) is 4.39 Å². The summed E-state index contributed by atoms with van der Waals surface area (Å²) < 4.78 is 19.0. The predicted octanol–water partition coefficient (Wildman–Crippen LogP) is 6.10. The van der Waals surface area contributed by atoms with Crippen LogP contribution in [0, 0.1) is 5.82 Å². The van der Waals surface area contributed by atoms with E-state index in [1.54, 1.807) is 12.1 Å². The molecule has 0 aliphatic heterocycles. The van der Waals surface area contributed by atoms with Crippen molar-refractivity contribution in [3.63, 3.8) is 0 Å². The average Bonchev–Trinajstić information content (AvgIpc) is 3.01. The van der Waals surface area contributed by atoms with Crippen molar-refractivity contribution in [1.82, 2.24) is 5.32 Å². The second-order valence-electron chi connectivity index (χ2n) is 5.09. The van der Waals surface area contributed by atoms with E-state index < -0.39 is 5.82 Å².